The fourth-order valence-corrected chi connectivity index (χ4v) is 1.93. The second-order valence-corrected chi connectivity index (χ2v) is 4.41. The van der Waals surface area contributed by atoms with Crippen molar-refractivity contribution in [2.45, 2.75) is 13.0 Å². The summed E-state index contributed by atoms with van der Waals surface area (Å²) in [6, 6.07) is 7.52. The molecule has 0 amide bonds. The minimum atomic E-state index is -0.555. The van der Waals surface area contributed by atoms with E-state index >= 15 is 0 Å². The highest BCUT2D eigenvalue weighted by molar-refractivity contribution is 5.50. The summed E-state index contributed by atoms with van der Waals surface area (Å²) in [4.78, 5) is 0. The van der Waals surface area contributed by atoms with E-state index in [2.05, 4.69) is 5.32 Å². The molecule has 106 valence electrons. The molecule has 0 fully saturated rings. The van der Waals surface area contributed by atoms with Crippen LogP contribution in [0.3, 0.4) is 0 Å². The summed E-state index contributed by atoms with van der Waals surface area (Å²) >= 11 is 0. The average Bonchev–Trinajstić information content (AvgIpc) is 2.43. The van der Waals surface area contributed by atoms with Gasteiger partial charge in [0.1, 0.15) is 23.1 Å². The third kappa shape index (κ3) is 2.99. The molecule has 0 bridgehead atoms. The van der Waals surface area contributed by atoms with E-state index in [0.29, 0.717) is 11.3 Å². The van der Waals surface area contributed by atoms with Crippen LogP contribution in [0.15, 0.2) is 36.4 Å². The van der Waals surface area contributed by atoms with Crippen molar-refractivity contribution in [2.24, 2.45) is 0 Å². The van der Waals surface area contributed by atoms with Crippen LogP contribution in [-0.4, -0.2) is 12.2 Å². The van der Waals surface area contributed by atoms with Crippen LogP contribution in [0.2, 0.25) is 0 Å². The smallest absolute Gasteiger partial charge is 0.146 e. The summed E-state index contributed by atoms with van der Waals surface area (Å²) < 4.78 is 31.8. The second kappa shape index (κ2) is 5.77. The topological polar surface area (TPSA) is 41.5 Å². The Hall–Kier alpha value is -2.30. The lowest BCUT2D eigenvalue weighted by atomic mass is 10.1. The molecule has 0 heterocycles. The first-order valence-electron chi connectivity index (χ1n) is 6.09. The number of methoxy groups -OCH3 is 1. The van der Waals surface area contributed by atoms with Gasteiger partial charge in [0.15, 0.2) is 0 Å². The van der Waals surface area contributed by atoms with Crippen molar-refractivity contribution in [1.82, 2.24) is 0 Å². The molecule has 0 aromatic heterocycles. The summed E-state index contributed by atoms with van der Waals surface area (Å²) in [5.41, 5.74) is 0.577. The predicted molar refractivity (Wildman–Crippen MR) is 73.1 cm³/mol. The minimum Gasteiger partial charge on any atom is -0.508 e. The quantitative estimate of drug-likeness (QED) is 0.893. The number of rotatable bonds is 4. The van der Waals surface area contributed by atoms with Gasteiger partial charge in [0, 0.05) is 5.56 Å². The normalized spacial score (nSPS) is 12.0. The van der Waals surface area contributed by atoms with E-state index in [4.69, 9.17) is 4.74 Å². The molecule has 0 aliphatic heterocycles. The number of hydrogen-bond donors (Lipinski definition) is 2. The molecule has 0 spiro atoms. The van der Waals surface area contributed by atoms with Crippen molar-refractivity contribution in [1.29, 1.82) is 0 Å². The van der Waals surface area contributed by atoms with E-state index in [1.165, 1.54) is 13.2 Å². The molecular formula is C15H15F2NO2. The van der Waals surface area contributed by atoms with E-state index in [0.717, 1.165) is 18.2 Å². The number of phenols is 1. The molecule has 2 N–H and O–H groups in total. The Labute approximate surface area is 115 Å². The van der Waals surface area contributed by atoms with Crippen LogP contribution in [0.5, 0.6) is 11.5 Å². The van der Waals surface area contributed by atoms with Gasteiger partial charge in [-0.05, 0) is 43.3 Å². The van der Waals surface area contributed by atoms with Crippen LogP contribution in [0.25, 0.3) is 0 Å². The molecule has 0 radical (unpaired) electrons. The van der Waals surface area contributed by atoms with Gasteiger partial charge in [0.05, 0.1) is 18.8 Å². The first-order chi connectivity index (χ1) is 9.51. The molecule has 1 atom stereocenters. The lowest BCUT2D eigenvalue weighted by Crippen LogP contribution is -2.08. The number of halogens is 2. The third-order valence-electron chi connectivity index (χ3n) is 3.00. The Kier molecular flexibility index (Phi) is 4.08. The van der Waals surface area contributed by atoms with Crippen LogP contribution >= 0.6 is 0 Å². The van der Waals surface area contributed by atoms with Crippen LogP contribution < -0.4 is 10.1 Å². The Balaban J connectivity index is 2.27. The predicted octanol–water partition coefficient (Wildman–Crippen LogP) is 3.85. The van der Waals surface area contributed by atoms with E-state index in [1.54, 1.807) is 19.1 Å². The molecule has 5 heteroatoms. The molecular weight excluding hydrogens is 264 g/mol. The molecule has 2 rings (SSSR count). The number of ether oxygens (including phenoxy) is 1. The van der Waals surface area contributed by atoms with E-state index in [9.17, 15) is 13.9 Å². The van der Waals surface area contributed by atoms with E-state index < -0.39 is 17.7 Å². The van der Waals surface area contributed by atoms with E-state index in [-0.39, 0.29) is 11.4 Å². The zero-order valence-electron chi connectivity index (χ0n) is 11.2. The summed E-state index contributed by atoms with van der Waals surface area (Å²) in [7, 11) is 1.51. The largest absolute Gasteiger partial charge is 0.508 e. The third-order valence-corrected chi connectivity index (χ3v) is 3.00. The van der Waals surface area contributed by atoms with Crippen molar-refractivity contribution in [3.8, 4) is 11.5 Å². The number of anilines is 1. The van der Waals surface area contributed by atoms with Crippen LogP contribution in [0.1, 0.15) is 18.5 Å². The van der Waals surface area contributed by atoms with Crippen molar-refractivity contribution in [2.75, 3.05) is 12.4 Å². The standard InChI is InChI=1S/C15H15F2NO2/c1-9(12-8-11(20-2)4-6-15(12)19)18-14-7-10(16)3-5-13(14)17/h3-9,18-19H,1-2H3. The molecule has 2 aromatic carbocycles. The number of nitrogens with one attached hydrogen (secondary N) is 1. The summed E-state index contributed by atoms with van der Waals surface area (Å²) in [5, 5.41) is 12.7. The van der Waals surface area contributed by atoms with Gasteiger partial charge in [-0.2, -0.15) is 0 Å². The van der Waals surface area contributed by atoms with Crippen LogP contribution in [0.4, 0.5) is 14.5 Å². The van der Waals surface area contributed by atoms with Gasteiger partial charge in [-0.1, -0.05) is 0 Å². The Morgan fingerprint density at radius 1 is 1.15 bits per heavy atom. The van der Waals surface area contributed by atoms with Crippen molar-refractivity contribution < 1.29 is 18.6 Å². The van der Waals surface area contributed by atoms with E-state index in [1.807, 2.05) is 0 Å². The maximum absolute atomic E-state index is 13.6. The Morgan fingerprint density at radius 3 is 2.60 bits per heavy atom. The van der Waals surface area contributed by atoms with Crippen molar-refractivity contribution in [3.05, 3.63) is 53.6 Å². The number of aromatic hydroxyl groups is 1. The minimum absolute atomic E-state index is 0.0414. The SMILES string of the molecule is COc1ccc(O)c(C(C)Nc2cc(F)ccc2F)c1. The van der Waals surface area contributed by atoms with Gasteiger partial charge in [0.25, 0.3) is 0 Å². The van der Waals surface area contributed by atoms with Gasteiger partial charge in [-0.3, -0.25) is 0 Å². The first kappa shape index (κ1) is 14.1. The van der Waals surface area contributed by atoms with Crippen LogP contribution in [0, 0.1) is 11.6 Å². The number of benzene rings is 2. The van der Waals surface area contributed by atoms with Gasteiger partial charge < -0.3 is 15.2 Å². The molecule has 20 heavy (non-hydrogen) atoms. The van der Waals surface area contributed by atoms with Gasteiger partial charge in [-0.15, -0.1) is 0 Å². The van der Waals surface area contributed by atoms with Gasteiger partial charge in [0.2, 0.25) is 0 Å². The lowest BCUT2D eigenvalue weighted by molar-refractivity contribution is 0.410. The second-order valence-electron chi connectivity index (χ2n) is 4.41. The molecule has 1 unspecified atom stereocenters. The maximum Gasteiger partial charge on any atom is 0.146 e. The molecule has 3 nitrogen and oxygen atoms in total. The average molecular weight is 279 g/mol. The Morgan fingerprint density at radius 2 is 1.90 bits per heavy atom. The molecule has 0 aliphatic rings. The summed E-state index contributed by atoms with van der Waals surface area (Å²) in [5.74, 6) is -0.453. The Bertz CT molecular complexity index is 617. The van der Waals surface area contributed by atoms with Gasteiger partial charge in [-0.25, -0.2) is 8.78 Å². The maximum atomic E-state index is 13.6. The highest BCUT2D eigenvalue weighted by atomic mass is 19.1. The summed E-state index contributed by atoms with van der Waals surface area (Å²) in [6.07, 6.45) is 0. The fraction of sp³-hybridized carbons (Fsp3) is 0.200. The monoisotopic (exact) mass is 279 g/mol. The molecule has 2 aromatic rings. The first-order valence-corrected chi connectivity index (χ1v) is 6.09. The highest BCUT2D eigenvalue weighted by Gasteiger charge is 2.14. The van der Waals surface area contributed by atoms with Crippen LogP contribution in [-0.2, 0) is 0 Å². The lowest BCUT2D eigenvalue weighted by Gasteiger charge is -2.18. The molecule has 0 aliphatic carbocycles. The van der Waals surface area contributed by atoms with Crippen molar-refractivity contribution >= 4 is 5.69 Å². The molecule has 0 saturated heterocycles. The van der Waals surface area contributed by atoms with Crippen molar-refractivity contribution in [3.63, 3.8) is 0 Å². The van der Waals surface area contributed by atoms with Gasteiger partial charge >= 0.3 is 0 Å². The highest BCUT2D eigenvalue weighted by Crippen LogP contribution is 2.31. The number of hydrogen-bond acceptors (Lipinski definition) is 3. The molecule has 0 saturated carbocycles. The summed E-state index contributed by atoms with van der Waals surface area (Å²) in [6.45, 7) is 1.73. The fourth-order valence-electron chi connectivity index (χ4n) is 1.93. The number of phenolic OH excluding ortho intramolecular Hbond substituents is 1. The zero-order chi connectivity index (χ0) is 14.7. The zero-order valence-corrected chi connectivity index (χ0v) is 11.2.